The van der Waals surface area contributed by atoms with E-state index in [1.807, 2.05) is 0 Å². The van der Waals surface area contributed by atoms with Crippen molar-refractivity contribution in [2.45, 2.75) is 11.8 Å². The lowest BCUT2D eigenvalue weighted by molar-refractivity contribution is 0.102. The van der Waals surface area contributed by atoms with E-state index in [-0.39, 0.29) is 10.6 Å². The first kappa shape index (κ1) is 18.2. The number of fused-ring (bicyclic) bond motifs is 3. The smallest absolute Gasteiger partial charge is 0.264 e. The number of carbonyl (C=O) groups excluding carboxylic acids is 1. The predicted octanol–water partition coefficient (Wildman–Crippen LogP) is 4.19. The van der Waals surface area contributed by atoms with Crippen molar-refractivity contribution in [2.24, 2.45) is 0 Å². The van der Waals surface area contributed by atoms with Crippen LogP contribution in [0.2, 0.25) is 0 Å². The largest absolute Gasteiger partial charge is 0.319 e. The van der Waals surface area contributed by atoms with E-state index in [1.54, 1.807) is 55.5 Å². The normalized spacial score (nSPS) is 14.2. The van der Waals surface area contributed by atoms with Crippen LogP contribution in [-0.2, 0) is 10.0 Å². The van der Waals surface area contributed by atoms with E-state index < -0.39 is 21.7 Å². The molecule has 1 N–H and O–H groups in total. The van der Waals surface area contributed by atoms with Crippen molar-refractivity contribution in [3.05, 3.63) is 77.6 Å². The number of amides is 1. The third-order valence-corrected chi connectivity index (χ3v) is 6.63. The molecule has 1 heterocycles. The summed E-state index contributed by atoms with van der Waals surface area (Å²) in [5.74, 6) is -0.994. The van der Waals surface area contributed by atoms with Crippen LogP contribution in [0.3, 0.4) is 0 Å². The Hall–Kier alpha value is -3.19. The topological polar surface area (TPSA) is 66.5 Å². The molecule has 3 aromatic rings. The number of nitrogens with one attached hydrogen (secondary N) is 1. The maximum absolute atomic E-state index is 13.9. The molecule has 0 fully saturated rings. The molecule has 0 unspecified atom stereocenters. The first-order valence-corrected chi connectivity index (χ1v) is 10.0. The zero-order chi connectivity index (χ0) is 20.1. The van der Waals surface area contributed by atoms with Gasteiger partial charge in [-0.1, -0.05) is 30.3 Å². The summed E-state index contributed by atoms with van der Waals surface area (Å²) in [5, 5.41) is 2.57. The van der Waals surface area contributed by atoms with Crippen LogP contribution < -0.4 is 9.62 Å². The van der Waals surface area contributed by atoms with Gasteiger partial charge in [-0.15, -0.1) is 0 Å². The molecule has 1 amide bonds. The van der Waals surface area contributed by atoms with Crippen LogP contribution in [0.4, 0.5) is 15.8 Å². The highest BCUT2D eigenvalue weighted by Crippen LogP contribution is 2.44. The molecule has 0 aromatic heterocycles. The third kappa shape index (κ3) is 2.75. The zero-order valence-electron chi connectivity index (χ0n) is 15.2. The molecule has 1 aliphatic heterocycles. The van der Waals surface area contributed by atoms with Crippen LogP contribution in [0, 0.1) is 12.7 Å². The van der Waals surface area contributed by atoms with Gasteiger partial charge in [-0.3, -0.25) is 9.10 Å². The Morgan fingerprint density at radius 2 is 1.68 bits per heavy atom. The Kier molecular flexibility index (Phi) is 4.19. The van der Waals surface area contributed by atoms with Gasteiger partial charge in [0.25, 0.3) is 15.9 Å². The molecule has 4 rings (SSSR count). The van der Waals surface area contributed by atoms with E-state index in [1.165, 1.54) is 23.5 Å². The van der Waals surface area contributed by atoms with Gasteiger partial charge >= 0.3 is 0 Å². The van der Waals surface area contributed by atoms with Gasteiger partial charge in [0.15, 0.2) is 0 Å². The standard InChI is InChI=1S/C21H17FN2O3S/c1-13-11-14(21(25)23-18-9-5-4-8-17(18)22)12-16-15-7-3-6-10-19(15)28(26,27)24(2)20(13)16/h3-12H,1-2H3,(H,23,25). The van der Waals surface area contributed by atoms with Gasteiger partial charge in [0, 0.05) is 23.7 Å². The van der Waals surface area contributed by atoms with E-state index in [2.05, 4.69) is 5.32 Å². The number of nitrogens with zero attached hydrogens (tertiary/aromatic N) is 1. The second kappa shape index (κ2) is 6.45. The van der Waals surface area contributed by atoms with Gasteiger partial charge < -0.3 is 5.32 Å². The van der Waals surface area contributed by atoms with Crippen molar-refractivity contribution < 1.29 is 17.6 Å². The van der Waals surface area contributed by atoms with Crippen LogP contribution in [0.5, 0.6) is 0 Å². The van der Waals surface area contributed by atoms with Crippen molar-refractivity contribution in [3.8, 4) is 11.1 Å². The number of rotatable bonds is 2. The lowest BCUT2D eigenvalue weighted by atomic mass is 9.96. The van der Waals surface area contributed by atoms with Crippen LogP contribution in [0.15, 0.2) is 65.6 Å². The molecule has 0 radical (unpaired) electrons. The Bertz CT molecular complexity index is 1220. The Morgan fingerprint density at radius 1 is 1.00 bits per heavy atom. The summed E-state index contributed by atoms with van der Waals surface area (Å²) in [6, 6.07) is 15.9. The van der Waals surface area contributed by atoms with E-state index in [0.29, 0.717) is 27.9 Å². The summed E-state index contributed by atoms with van der Waals surface area (Å²) in [7, 11) is -2.16. The maximum Gasteiger partial charge on any atom is 0.264 e. The summed E-state index contributed by atoms with van der Waals surface area (Å²) in [5.41, 5.74) is 2.76. The SMILES string of the molecule is Cc1cc(C(=O)Nc2ccccc2F)cc2c1N(C)S(=O)(=O)c1ccccc1-2. The molecule has 0 saturated carbocycles. The Balaban J connectivity index is 1.85. The summed E-state index contributed by atoms with van der Waals surface area (Å²) in [6.45, 7) is 1.75. The second-order valence-corrected chi connectivity index (χ2v) is 8.53. The average Bonchev–Trinajstić information content (AvgIpc) is 2.67. The lowest BCUT2D eigenvalue weighted by Gasteiger charge is -2.31. The van der Waals surface area contributed by atoms with E-state index >= 15 is 0 Å². The Morgan fingerprint density at radius 3 is 2.43 bits per heavy atom. The van der Waals surface area contributed by atoms with E-state index in [0.717, 1.165) is 0 Å². The highest BCUT2D eigenvalue weighted by atomic mass is 32.2. The van der Waals surface area contributed by atoms with Gasteiger partial charge in [-0.2, -0.15) is 0 Å². The molecular formula is C21H17FN2O3S. The minimum absolute atomic E-state index is 0.0861. The minimum Gasteiger partial charge on any atom is -0.319 e. The van der Waals surface area contributed by atoms with E-state index in [4.69, 9.17) is 0 Å². The first-order chi connectivity index (χ1) is 13.3. The fourth-order valence-electron chi connectivity index (χ4n) is 3.47. The maximum atomic E-state index is 13.9. The quantitative estimate of drug-likeness (QED) is 0.706. The summed E-state index contributed by atoms with van der Waals surface area (Å²) >= 11 is 0. The highest BCUT2D eigenvalue weighted by Gasteiger charge is 2.33. The second-order valence-electron chi connectivity index (χ2n) is 6.59. The average molecular weight is 396 g/mol. The predicted molar refractivity (Wildman–Crippen MR) is 107 cm³/mol. The summed E-state index contributed by atoms with van der Waals surface area (Å²) in [4.78, 5) is 12.9. The summed E-state index contributed by atoms with van der Waals surface area (Å²) in [6.07, 6.45) is 0. The molecule has 5 nitrogen and oxygen atoms in total. The molecule has 0 saturated heterocycles. The number of hydrogen-bond acceptors (Lipinski definition) is 3. The van der Waals surface area contributed by atoms with Gasteiger partial charge in [0.2, 0.25) is 0 Å². The van der Waals surface area contributed by atoms with Crippen molar-refractivity contribution >= 4 is 27.3 Å². The molecule has 0 atom stereocenters. The molecular weight excluding hydrogens is 379 g/mol. The first-order valence-electron chi connectivity index (χ1n) is 8.59. The molecule has 0 bridgehead atoms. The van der Waals surface area contributed by atoms with Crippen LogP contribution >= 0.6 is 0 Å². The minimum atomic E-state index is -3.66. The van der Waals surface area contributed by atoms with Gasteiger partial charge in [0.05, 0.1) is 16.3 Å². The number of anilines is 2. The van der Waals surface area contributed by atoms with E-state index in [9.17, 15) is 17.6 Å². The molecule has 3 aromatic carbocycles. The Labute approximate surface area is 162 Å². The van der Waals surface area contributed by atoms with Crippen LogP contribution in [-0.4, -0.2) is 21.4 Å². The summed E-state index contributed by atoms with van der Waals surface area (Å²) < 4.78 is 40.7. The monoisotopic (exact) mass is 396 g/mol. The van der Waals surface area contributed by atoms with Crippen LogP contribution in [0.25, 0.3) is 11.1 Å². The van der Waals surface area contributed by atoms with Gasteiger partial charge in [-0.25, -0.2) is 12.8 Å². The molecule has 7 heteroatoms. The van der Waals surface area contributed by atoms with Crippen molar-refractivity contribution in [3.63, 3.8) is 0 Å². The number of halogens is 1. The van der Waals surface area contributed by atoms with Crippen LogP contribution in [0.1, 0.15) is 15.9 Å². The molecule has 0 spiro atoms. The molecule has 142 valence electrons. The lowest BCUT2D eigenvalue weighted by Crippen LogP contribution is -2.31. The number of para-hydroxylation sites is 1. The number of aryl methyl sites for hydroxylation is 1. The molecule has 0 aliphatic carbocycles. The number of sulfonamides is 1. The van der Waals surface area contributed by atoms with Gasteiger partial charge in [0.1, 0.15) is 5.82 Å². The number of benzene rings is 3. The van der Waals surface area contributed by atoms with Crippen molar-refractivity contribution in [1.29, 1.82) is 0 Å². The third-order valence-electron chi connectivity index (χ3n) is 4.82. The fraction of sp³-hybridized carbons (Fsp3) is 0.0952. The molecule has 1 aliphatic rings. The fourth-order valence-corrected chi connectivity index (χ4v) is 4.96. The molecule has 28 heavy (non-hydrogen) atoms. The van der Waals surface area contributed by atoms with Crippen molar-refractivity contribution in [1.82, 2.24) is 0 Å². The van der Waals surface area contributed by atoms with Crippen molar-refractivity contribution in [2.75, 3.05) is 16.7 Å². The number of carbonyl (C=O) groups is 1. The van der Waals surface area contributed by atoms with Gasteiger partial charge in [-0.05, 0) is 42.8 Å². The highest BCUT2D eigenvalue weighted by molar-refractivity contribution is 7.93. The number of hydrogen-bond donors (Lipinski definition) is 1. The zero-order valence-corrected chi connectivity index (χ0v) is 16.0.